The molecule has 0 bridgehead atoms. The van der Waals surface area contributed by atoms with E-state index in [1.807, 2.05) is 0 Å². The van der Waals surface area contributed by atoms with E-state index in [-0.39, 0.29) is 11.8 Å². The molecular formula is C10H14N4O2. The van der Waals surface area contributed by atoms with Gasteiger partial charge in [-0.3, -0.25) is 4.79 Å². The highest BCUT2D eigenvalue weighted by Gasteiger charge is 2.23. The van der Waals surface area contributed by atoms with Crippen LogP contribution in [0, 0.1) is 0 Å². The van der Waals surface area contributed by atoms with Crippen molar-refractivity contribution >= 4 is 11.7 Å². The first-order valence-corrected chi connectivity index (χ1v) is 5.12. The number of aromatic nitrogens is 2. The van der Waals surface area contributed by atoms with Gasteiger partial charge in [-0.1, -0.05) is 0 Å². The monoisotopic (exact) mass is 222 g/mol. The number of carbonyl (C=O) groups excluding carboxylic acids is 1. The zero-order chi connectivity index (χ0) is 11.5. The summed E-state index contributed by atoms with van der Waals surface area (Å²) in [5, 5.41) is 7.74. The van der Waals surface area contributed by atoms with Crippen LogP contribution in [0.15, 0.2) is 12.1 Å². The van der Waals surface area contributed by atoms with Crippen LogP contribution in [0.1, 0.15) is 16.9 Å². The second-order valence-corrected chi connectivity index (χ2v) is 3.73. The summed E-state index contributed by atoms with van der Waals surface area (Å²) in [6.45, 7) is 1.70. The summed E-state index contributed by atoms with van der Waals surface area (Å²) in [6, 6.07) is 3.34. The van der Waals surface area contributed by atoms with Gasteiger partial charge < -0.3 is 15.4 Å². The molecule has 2 heterocycles. The van der Waals surface area contributed by atoms with E-state index >= 15 is 0 Å². The van der Waals surface area contributed by atoms with Gasteiger partial charge in [-0.25, -0.2) is 0 Å². The summed E-state index contributed by atoms with van der Waals surface area (Å²) in [6.07, 6.45) is 1.23. The summed E-state index contributed by atoms with van der Waals surface area (Å²) in [7, 11) is 1.70. The molecular weight excluding hydrogens is 208 g/mol. The average Bonchev–Trinajstić information content (AvgIpc) is 2.77. The van der Waals surface area contributed by atoms with Crippen molar-refractivity contribution < 1.29 is 9.53 Å². The van der Waals surface area contributed by atoms with E-state index in [9.17, 15) is 4.79 Å². The largest absolute Gasteiger partial charge is 0.380 e. The zero-order valence-electron chi connectivity index (χ0n) is 9.09. The Morgan fingerprint density at radius 1 is 1.56 bits per heavy atom. The Morgan fingerprint density at radius 3 is 2.88 bits per heavy atom. The molecule has 0 saturated carbocycles. The molecule has 1 aromatic heterocycles. The molecule has 6 heteroatoms. The number of carbonyl (C=O) groups is 1. The van der Waals surface area contributed by atoms with Crippen LogP contribution >= 0.6 is 0 Å². The lowest BCUT2D eigenvalue weighted by Gasteiger charge is -2.16. The van der Waals surface area contributed by atoms with Crippen LogP contribution in [0.5, 0.6) is 0 Å². The first-order valence-electron chi connectivity index (χ1n) is 5.12. The normalized spacial score (nSPS) is 20.1. The third-order valence-corrected chi connectivity index (χ3v) is 2.71. The fourth-order valence-electron chi connectivity index (χ4n) is 1.75. The molecule has 6 nitrogen and oxygen atoms in total. The van der Waals surface area contributed by atoms with Gasteiger partial charge in [0.25, 0.3) is 5.91 Å². The number of anilines is 1. The van der Waals surface area contributed by atoms with Crippen LogP contribution in [0.4, 0.5) is 5.82 Å². The summed E-state index contributed by atoms with van der Waals surface area (Å²) < 4.78 is 5.26. The van der Waals surface area contributed by atoms with Crippen LogP contribution in [-0.4, -0.2) is 42.4 Å². The molecule has 0 aliphatic carbocycles. The molecule has 1 fully saturated rings. The van der Waals surface area contributed by atoms with Gasteiger partial charge in [-0.15, -0.1) is 10.2 Å². The maximum atomic E-state index is 10.8. The van der Waals surface area contributed by atoms with Gasteiger partial charge in [0.15, 0.2) is 11.5 Å². The maximum Gasteiger partial charge on any atom is 0.269 e. The van der Waals surface area contributed by atoms with E-state index in [0.29, 0.717) is 0 Å². The second kappa shape index (κ2) is 4.44. The number of primary amides is 1. The van der Waals surface area contributed by atoms with Crippen LogP contribution in [0.3, 0.4) is 0 Å². The molecule has 1 saturated heterocycles. The number of methoxy groups -OCH3 is 1. The topological polar surface area (TPSA) is 81.3 Å². The number of hydrogen-bond donors (Lipinski definition) is 1. The van der Waals surface area contributed by atoms with Gasteiger partial charge in [-0.05, 0) is 18.6 Å². The standard InChI is InChI=1S/C10H14N4O2/c1-16-7-4-5-14(6-7)9-3-2-8(10(11)15)12-13-9/h2-3,7H,4-6H2,1H3,(H2,11,15)/t7-/m0/s1. The van der Waals surface area contributed by atoms with Crippen molar-refractivity contribution in [2.45, 2.75) is 12.5 Å². The number of amides is 1. The molecule has 2 rings (SSSR count). The van der Waals surface area contributed by atoms with Crippen molar-refractivity contribution in [3.63, 3.8) is 0 Å². The minimum atomic E-state index is -0.560. The number of nitrogens with two attached hydrogens (primary N) is 1. The highest BCUT2D eigenvalue weighted by molar-refractivity contribution is 5.90. The highest BCUT2D eigenvalue weighted by atomic mass is 16.5. The molecule has 0 radical (unpaired) electrons. The first kappa shape index (κ1) is 10.8. The molecule has 1 aliphatic rings. The predicted octanol–water partition coefficient (Wildman–Crippen LogP) is -0.199. The summed E-state index contributed by atoms with van der Waals surface area (Å²) in [5.74, 6) is 0.194. The molecule has 0 aromatic carbocycles. The van der Waals surface area contributed by atoms with Crippen molar-refractivity contribution in [3.8, 4) is 0 Å². The molecule has 0 spiro atoms. The number of hydrogen-bond acceptors (Lipinski definition) is 5. The lowest BCUT2D eigenvalue weighted by molar-refractivity contribution is 0.0994. The fourth-order valence-corrected chi connectivity index (χ4v) is 1.75. The van der Waals surface area contributed by atoms with E-state index in [4.69, 9.17) is 10.5 Å². The molecule has 16 heavy (non-hydrogen) atoms. The Balaban J connectivity index is 2.08. The second-order valence-electron chi connectivity index (χ2n) is 3.73. The average molecular weight is 222 g/mol. The van der Waals surface area contributed by atoms with Crippen molar-refractivity contribution in [2.75, 3.05) is 25.1 Å². The van der Waals surface area contributed by atoms with Crippen LogP contribution in [0.25, 0.3) is 0 Å². The molecule has 1 aliphatic heterocycles. The van der Waals surface area contributed by atoms with Gasteiger partial charge in [0.1, 0.15) is 0 Å². The lowest BCUT2D eigenvalue weighted by atomic mass is 10.3. The fraction of sp³-hybridized carbons (Fsp3) is 0.500. The number of rotatable bonds is 3. The molecule has 1 amide bonds. The van der Waals surface area contributed by atoms with Crippen molar-refractivity contribution in [3.05, 3.63) is 17.8 Å². The van der Waals surface area contributed by atoms with Gasteiger partial charge in [0.2, 0.25) is 0 Å². The Labute approximate surface area is 93.4 Å². The van der Waals surface area contributed by atoms with Gasteiger partial charge in [0.05, 0.1) is 6.10 Å². The highest BCUT2D eigenvalue weighted by Crippen LogP contribution is 2.18. The summed E-state index contributed by atoms with van der Waals surface area (Å²) >= 11 is 0. The van der Waals surface area contributed by atoms with E-state index in [2.05, 4.69) is 15.1 Å². The van der Waals surface area contributed by atoms with Crippen molar-refractivity contribution in [1.82, 2.24) is 10.2 Å². The van der Waals surface area contributed by atoms with E-state index < -0.39 is 5.91 Å². The van der Waals surface area contributed by atoms with Crippen molar-refractivity contribution in [2.24, 2.45) is 5.73 Å². The predicted molar refractivity (Wildman–Crippen MR) is 58.2 cm³/mol. The van der Waals surface area contributed by atoms with Gasteiger partial charge in [0, 0.05) is 20.2 Å². The van der Waals surface area contributed by atoms with Crippen LogP contribution < -0.4 is 10.6 Å². The van der Waals surface area contributed by atoms with E-state index in [1.54, 1.807) is 19.2 Å². The van der Waals surface area contributed by atoms with Crippen LogP contribution in [0.2, 0.25) is 0 Å². The molecule has 1 atom stereocenters. The maximum absolute atomic E-state index is 10.8. The van der Waals surface area contributed by atoms with E-state index in [0.717, 1.165) is 25.3 Å². The molecule has 2 N–H and O–H groups in total. The van der Waals surface area contributed by atoms with E-state index in [1.165, 1.54) is 0 Å². The Bertz CT molecular complexity index is 379. The minimum absolute atomic E-state index is 0.186. The third kappa shape index (κ3) is 2.11. The molecule has 1 aromatic rings. The molecule has 0 unspecified atom stereocenters. The summed E-state index contributed by atoms with van der Waals surface area (Å²) in [5.41, 5.74) is 5.27. The van der Waals surface area contributed by atoms with Crippen LogP contribution in [-0.2, 0) is 4.74 Å². The lowest BCUT2D eigenvalue weighted by Crippen LogP contribution is -2.24. The number of ether oxygens (including phenoxy) is 1. The van der Waals surface area contributed by atoms with Gasteiger partial charge >= 0.3 is 0 Å². The number of nitrogens with zero attached hydrogens (tertiary/aromatic N) is 3. The molecule has 86 valence electrons. The van der Waals surface area contributed by atoms with Crippen molar-refractivity contribution in [1.29, 1.82) is 0 Å². The summed E-state index contributed by atoms with van der Waals surface area (Å²) in [4.78, 5) is 12.9. The Morgan fingerprint density at radius 2 is 2.38 bits per heavy atom. The minimum Gasteiger partial charge on any atom is -0.380 e. The zero-order valence-corrected chi connectivity index (χ0v) is 9.09. The quantitative estimate of drug-likeness (QED) is 0.766. The smallest absolute Gasteiger partial charge is 0.269 e. The third-order valence-electron chi connectivity index (χ3n) is 2.71. The first-order chi connectivity index (χ1) is 7.70. The Kier molecular flexibility index (Phi) is 3.00. The Hall–Kier alpha value is -1.69. The SMILES string of the molecule is CO[C@H]1CCN(c2ccc(C(N)=O)nn2)C1. The van der Waals surface area contributed by atoms with Gasteiger partial charge in [-0.2, -0.15) is 0 Å².